The predicted molar refractivity (Wildman–Crippen MR) is 33.7 cm³/mol. The maximum atomic E-state index is 4.87. The molecule has 0 aromatic rings. The van der Waals surface area contributed by atoms with E-state index >= 15 is 0 Å². The lowest BCUT2D eigenvalue weighted by Crippen LogP contribution is -1.88. The molecule has 0 aromatic carbocycles. The van der Waals surface area contributed by atoms with Gasteiger partial charge in [-0.15, -0.1) is 6.58 Å². The van der Waals surface area contributed by atoms with E-state index in [-0.39, 0.29) is 0 Å². The van der Waals surface area contributed by atoms with Gasteiger partial charge in [0.25, 0.3) is 0 Å². The van der Waals surface area contributed by atoms with Crippen molar-refractivity contribution >= 4 is 21.0 Å². The third-order valence-corrected chi connectivity index (χ3v) is 1.29. The molecule has 1 nitrogen and oxygen atoms in total. The monoisotopic (exact) mass is 120 g/mol. The highest BCUT2D eigenvalue weighted by Gasteiger charge is 1.69. The molecule has 0 fully saturated rings. The summed E-state index contributed by atoms with van der Waals surface area (Å²) < 4.78 is 4.87. The fraction of sp³-hybridized carbons (Fsp3) is 0.333. The summed E-state index contributed by atoms with van der Waals surface area (Å²) in [4.78, 5) is 0. The van der Waals surface area contributed by atoms with Crippen LogP contribution in [0.5, 0.6) is 0 Å². The van der Waals surface area contributed by atoms with E-state index in [4.69, 9.17) is 4.43 Å². The standard InChI is InChI=1S/C3H8OSSi/c1-2-3-4-6-5/h2,5H,1,3,6H2. The molecule has 0 aliphatic carbocycles. The third kappa shape index (κ3) is 4.27. The van der Waals surface area contributed by atoms with E-state index in [9.17, 15) is 0 Å². The normalized spacial score (nSPS) is 10.2. The molecule has 0 aliphatic rings. The van der Waals surface area contributed by atoms with Crippen LogP contribution in [0.2, 0.25) is 0 Å². The Labute approximate surface area is 45.4 Å². The van der Waals surface area contributed by atoms with Crippen LogP contribution in [0.1, 0.15) is 0 Å². The van der Waals surface area contributed by atoms with E-state index in [0.717, 1.165) is 0 Å². The Morgan fingerprint density at radius 1 is 2.00 bits per heavy atom. The van der Waals surface area contributed by atoms with Crippen LogP contribution in [-0.2, 0) is 4.43 Å². The smallest absolute Gasteiger partial charge is 0.219 e. The van der Waals surface area contributed by atoms with Crippen molar-refractivity contribution in [3.8, 4) is 0 Å². The minimum absolute atomic E-state index is 0.474. The molecular formula is C3H8OSSi. The van der Waals surface area contributed by atoms with Gasteiger partial charge in [0.05, 0.1) is 6.61 Å². The van der Waals surface area contributed by atoms with Crippen LogP contribution < -0.4 is 0 Å². The van der Waals surface area contributed by atoms with Crippen LogP contribution in [-0.4, -0.2) is 15.5 Å². The Kier molecular flexibility index (Phi) is 5.50. The first-order valence-electron chi connectivity index (χ1n) is 1.71. The third-order valence-electron chi connectivity index (χ3n) is 0.327. The summed E-state index contributed by atoms with van der Waals surface area (Å²) in [6, 6.07) is 0. The van der Waals surface area contributed by atoms with E-state index in [1.807, 2.05) is 0 Å². The maximum Gasteiger partial charge on any atom is 0.219 e. The van der Waals surface area contributed by atoms with Gasteiger partial charge in [0, 0.05) is 0 Å². The zero-order chi connectivity index (χ0) is 4.83. The SMILES string of the molecule is C=CCO[SiH2]S. The maximum absolute atomic E-state index is 4.87. The average Bonchev–Trinajstić information content (AvgIpc) is 1.61. The van der Waals surface area contributed by atoms with E-state index in [2.05, 4.69) is 18.7 Å². The molecule has 0 unspecified atom stereocenters. The summed E-state index contributed by atoms with van der Waals surface area (Å²) in [7, 11) is -0.474. The summed E-state index contributed by atoms with van der Waals surface area (Å²) in [5.41, 5.74) is 0. The van der Waals surface area contributed by atoms with Crippen molar-refractivity contribution in [2.24, 2.45) is 0 Å². The van der Waals surface area contributed by atoms with Gasteiger partial charge in [0.1, 0.15) is 0 Å². The van der Waals surface area contributed by atoms with Crippen molar-refractivity contribution in [1.29, 1.82) is 0 Å². The molecule has 0 saturated carbocycles. The van der Waals surface area contributed by atoms with Gasteiger partial charge >= 0.3 is 0 Å². The second-order valence-corrected chi connectivity index (χ2v) is 2.23. The summed E-state index contributed by atoms with van der Waals surface area (Å²) in [6.45, 7) is 4.12. The van der Waals surface area contributed by atoms with E-state index in [1.165, 1.54) is 0 Å². The molecule has 0 rings (SSSR count). The van der Waals surface area contributed by atoms with Crippen molar-refractivity contribution in [3.05, 3.63) is 12.7 Å². The first-order chi connectivity index (χ1) is 2.91. The van der Waals surface area contributed by atoms with E-state index in [1.54, 1.807) is 6.08 Å². The van der Waals surface area contributed by atoms with Crippen molar-refractivity contribution < 1.29 is 4.43 Å². The predicted octanol–water partition coefficient (Wildman–Crippen LogP) is 0.118. The molecular weight excluding hydrogens is 112 g/mol. The lowest BCUT2D eigenvalue weighted by molar-refractivity contribution is 0.398. The molecule has 0 saturated heterocycles. The van der Waals surface area contributed by atoms with Crippen LogP contribution >= 0.6 is 12.1 Å². The van der Waals surface area contributed by atoms with Gasteiger partial charge in [-0.3, -0.25) is 0 Å². The molecule has 0 radical (unpaired) electrons. The fourth-order valence-corrected chi connectivity index (χ4v) is 0.724. The van der Waals surface area contributed by atoms with Crippen molar-refractivity contribution in [2.75, 3.05) is 6.61 Å². The number of rotatable bonds is 3. The molecule has 3 heteroatoms. The average molecular weight is 120 g/mol. The Bertz CT molecular complexity index is 39.8. The first kappa shape index (κ1) is 6.27. The van der Waals surface area contributed by atoms with Gasteiger partial charge in [-0.25, -0.2) is 0 Å². The van der Waals surface area contributed by atoms with E-state index < -0.39 is 8.91 Å². The van der Waals surface area contributed by atoms with Crippen LogP contribution in [0, 0.1) is 0 Å². The zero-order valence-corrected chi connectivity index (χ0v) is 5.86. The summed E-state index contributed by atoms with van der Waals surface area (Å²) in [5, 5.41) is 0. The molecule has 0 N–H and O–H groups in total. The van der Waals surface area contributed by atoms with Gasteiger partial charge in [0.2, 0.25) is 8.91 Å². The number of thiol groups is 1. The molecule has 6 heavy (non-hydrogen) atoms. The Morgan fingerprint density at radius 3 is 2.83 bits per heavy atom. The number of hydrogen-bond acceptors (Lipinski definition) is 2. The van der Waals surface area contributed by atoms with Gasteiger partial charge in [0.15, 0.2) is 0 Å². The Morgan fingerprint density at radius 2 is 2.67 bits per heavy atom. The molecule has 0 aliphatic heterocycles. The minimum Gasteiger partial charge on any atom is -0.409 e. The zero-order valence-electron chi connectivity index (χ0n) is 3.55. The topological polar surface area (TPSA) is 9.23 Å². The van der Waals surface area contributed by atoms with Crippen LogP contribution in [0.4, 0.5) is 0 Å². The molecule has 0 spiro atoms. The van der Waals surface area contributed by atoms with Crippen LogP contribution in [0.3, 0.4) is 0 Å². The second-order valence-electron chi connectivity index (χ2n) is 0.789. The lowest BCUT2D eigenvalue weighted by atomic mass is 10.7. The second kappa shape index (κ2) is 5.27. The highest BCUT2D eigenvalue weighted by molar-refractivity contribution is 8.06. The highest BCUT2D eigenvalue weighted by Crippen LogP contribution is 1.71. The molecule has 0 heterocycles. The Hall–Kier alpha value is 0.267. The van der Waals surface area contributed by atoms with Gasteiger partial charge in [-0.1, -0.05) is 6.08 Å². The summed E-state index contributed by atoms with van der Waals surface area (Å²) in [5.74, 6) is 0. The molecule has 0 atom stereocenters. The molecule has 0 bridgehead atoms. The van der Waals surface area contributed by atoms with E-state index in [0.29, 0.717) is 6.61 Å². The van der Waals surface area contributed by atoms with Gasteiger partial charge in [-0.05, 0) is 0 Å². The van der Waals surface area contributed by atoms with Gasteiger partial charge in [-0.2, -0.15) is 12.1 Å². The van der Waals surface area contributed by atoms with Crippen LogP contribution in [0.15, 0.2) is 12.7 Å². The molecule has 0 aromatic heterocycles. The summed E-state index contributed by atoms with van der Waals surface area (Å²) >= 11 is 3.92. The van der Waals surface area contributed by atoms with Gasteiger partial charge < -0.3 is 4.43 Å². The van der Waals surface area contributed by atoms with Crippen LogP contribution in [0.25, 0.3) is 0 Å². The largest absolute Gasteiger partial charge is 0.409 e. The number of hydrogen-bond donors (Lipinski definition) is 1. The van der Waals surface area contributed by atoms with Crippen molar-refractivity contribution in [1.82, 2.24) is 0 Å². The lowest BCUT2D eigenvalue weighted by Gasteiger charge is -1.87. The minimum atomic E-state index is -0.474. The fourth-order valence-electron chi connectivity index (χ4n) is 0.136. The molecule has 0 amide bonds. The quantitative estimate of drug-likeness (QED) is 0.241. The molecule has 36 valence electrons. The highest BCUT2D eigenvalue weighted by atomic mass is 32.3. The van der Waals surface area contributed by atoms with Crippen molar-refractivity contribution in [2.45, 2.75) is 0 Å². The van der Waals surface area contributed by atoms with Crippen molar-refractivity contribution in [3.63, 3.8) is 0 Å². The first-order valence-corrected chi connectivity index (χ1v) is 4.82. The Balaban J connectivity index is 2.49. The summed E-state index contributed by atoms with van der Waals surface area (Å²) in [6.07, 6.45) is 1.73.